The molecule has 1 aliphatic heterocycles. The van der Waals surface area contributed by atoms with Crippen molar-refractivity contribution < 1.29 is 32.9 Å². The number of aromatic nitrogens is 2. The molecule has 0 spiro atoms. The lowest BCUT2D eigenvalue weighted by Gasteiger charge is -2.32. The highest BCUT2D eigenvalue weighted by Gasteiger charge is 2.24. The van der Waals surface area contributed by atoms with E-state index in [1.165, 1.54) is 23.0 Å². The number of rotatable bonds is 22. The Hall–Kier alpha value is -3.36. The lowest BCUT2D eigenvalue weighted by atomic mass is 10.0. The number of carbonyl (C=O) groups is 1. The summed E-state index contributed by atoms with van der Waals surface area (Å²) in [7, 11) is 1.66. The molecule has 0 amide bonds. The Bertz CT molecular complexity index is 1680. The van der Waals surface area contributed by atoms with Crippen molar-refractivity contribution in [2.24, 2.45) is 5.92 Å². The fourth-order valence-electron chi connectivity index (χ4n) is 6.16. The molecule has 12 heteroatoms. The zero-order chi connectivity index (χ0) is 35.3. The lowest BCUT2D eigenvalue weighted by molar-refractivity contribution is -0.118. The van der Waals surface area contributed by atoms with Gasteiger partial charge in [-0.2, -0.15) is 0 Å². The number of ether oxygens (including phenoxy) is 5. The quantitative estimate of drug-likeness (QED) is 0.0912. The van der Waals surface area contributed by atoms with Crippen LogP contribution in [0.3, 0.4) is 0 Å². The third-order valence-electron chi connectivity index (χ3n) is 9.13. The van der Waals surface area contributed by atoms with Crippen LogP contribution in [0.2, 0.25) is 0 Å². The van der Waals surface area contributed by atoms with Crippen LogP contribution in [0.25, 0.3) is 20.8 Å². The van der Waals surface area contributed by atoms with Gasteiger partial charge in [-0.25, -0.2) is 4.39 Å². The predicted octanol–water partition coefficient (Wildman–Crippen LogP) is 6.45. The first-order chi connectivity index (χ1) is 25.0. The van der Waals surface area contributed by atoms with Crippen LogP contribution in [0, 0.1) is 11.7 Å². The minimum absolute atomic E-state index is 0.126. The maximum atomic E-state index is 15.0. The first-order valence-electron chi connectivity index (χ1n) is 18.0. The number of nitrogens with zero attached hydrogens (tertiary/aromatic N) is 3. The molecule has 0 unspecified atom stereocenters. The summed E-state index contributed by atoms with van der Waals surface area (Å²) in [5.74, 6) is 0.871. The number of halogens is 1. The van der Waals surface area contributed by atoms with Crippen LogP contribution in [-0.4, -0.2) is 99.7 Å². The molecular weight excluding hydrogens is 672 g/mol. The van der Waals surface area contributed by atoms with Gasteiger partial charge in [-0.3, -0.25) is 19.7 Å². The summed E-state index contributed by atoms with van der Waals surface area (Å²) in [5.41, 5.74) is 3.49. The second kappa shape index (κ2) is 19.5. The van der Waals surface area contributed by atoms with Gasteiger partial charge in [0.05, 0.1) is 67.0 Å². The van der Waals surface area contributed by atoms with Crippen LogP contribution in [-0.2, 0) is 36.7 Å². The van der Waals surface area contributed by atoms with E-state index in [4.69, 9.17) is 28.7 Å². The molecule has 4 heterocycles. The summed E-state index contributed by atoms with van der Waals surface area (Å²) in [4.78, 5) is 25.0. The Morgan fingerprint density at radius 3 is 2.33 bits per heavy atom. The zero-order valence-electron chi connectivity index (χ0n) is 29.4. The number of nitrogens with one attached hydrogen (secondary N) is 1. The molecule has 0 atom stereocenters. The van der Waals surface area contributed by atoms with E-state index in [-0.39, 0.29) is 18.0 Å². The predicted molar refractivity (Wildman–Crippen MR) is 196 cm³/mol. The fourth-order valence-corrected chi connectivity index (χ4v) is 7.20. The molecule has 0 radical (unpaired) electrons. The average molecular weight is 721 g/mol. The van der Waals surface area contributed by atoms with E-state index in [0.29, 0.717) is 75.9 Å². The van der Waals surface area contributed by atoms with Crippen molar-refractivity contribution >= 4 is 27.3 Å². The van der Waals surface area contributed by atoms with Crippen molar-refractivity contribution in [3.63, 3.8) is 0 Å². The van der Waals surface area contributed by atoms with E-state index in [0.717, 1.165) is 72.7 Å². The van der Waals surface area contributed by atoms with E-state index >= 15 is 4.39 Å². The minimum Gasteiger partial charge on any atom is -0.453 e. The molecule has 1 N–H and O–H groups in total. The molecule has 51 heavy (non-hydrogen) atoms. The van der Waals surface area contributed by atoms with Crippen molar-refractivity contribution in [2.45, 2.75) is 51.1 Å². The Morgan fingerprint density at radius 2 is 1.63 bits per heavy atom. The smallest absolute Gasteiger partial charge is 0.166 e. The monoisotopic (exact) mass is 720 g/mol. The number of thiophene rings is 1. The number of benzene rings is 1. The summed E-state index contributed by atoms with van der Waals surface area (Å²) in [6.07, 6.45) is 8.93. The first-order valence-corrected chi connectivity index (χ1v) is 18.9. The van der Waals surface area contributed by atoms with Gasteiger partial charge in [-0.05, 0) is 80.1 Å². The number of carbonyl (C=O) groups excluding carboxylic acids is 1. The van der Waals surface area contributed by atoms with Gasteiger partial charge in [0.1, 0.15) is 11.5 Å². The third kappa shape index (κ3) is 11.8. The van der Waals surface area contributed by atoms with Crippen LogP contribution in [0.1, 0.15) is 43.2 Å². The Morgan fingerprint density at radius 1 is 0.882 bits per heavy atom. The van der Waals surface area contributed by atoms with Gasteiger partial charge in [0.2, 0.25) is 0 Å². The number of hydrogen-bond acceptors (Lipinski definition) is 11. The number of likely N-dealkylation sites (tertiary alicyclic amines) is 1. The normalized spacial score (nSPS) is 15.5. The number of piperidine rings is 1. The molecule has 1 saturated carbocycles. The Labute approximate surface area is 303 Å². The van der Waals surface area contributed by atoms with E-state index in [1.807, 2.05) is 12.3 Å². The maximum absolute atomic E-state index is 15.0. The molecule has 1 aliphatic carbocycles. The molecule has 10 nitrogen and oxygen atoms in total. The third-order valence-corrected chi connectivity index (χ3v) is 10.3. The van der Waals surface area contributed by atoms with Crippen LogP contribution >= 0.6 is 11.3 Å². The Balaban J connectivity index is 0.913. The second-order valence-electron chi connectivity index (χ2n) is 13.3. The van der Waals surface area contributed by atoms with Gasteiger partial charge >= 0.3 is 0 Å². The molecule has 0 bridgehead atoms. The van der Waals surface area contributed by atoms with Crippen LogP contribution in [0.4, 0.5) is 4.39 Å². The van der Waals surface area contributed by atoms with Crippen LogP contribution < -0.4 is 10.1 Å². The SMILES string of the molecule is COCCOCCOCCOCCNC1CCN(Cc2ccc(-c3cc4nccc(Oc5ccc(CC(=O)CC6CC6)cc5F)c4s3)nc2)CC1. The minimum atomic E-state index is -0.481. The average Bonchev–Trinajstić information content (AvgIpc) is 3.84. The van der Waals surface area contributed by atoms with Crippen LogP contribution in [0.5, 0.6) is 11.5 Å². The molecule has 2 fully saturated rings. The maximum Gasteiger partial charge on any atom is 0.166 e. The number of fused-ring (bicyclic) bond motifs is 1. The van der Waals surface area contributed by atoms with Gasteiger partial charge in [0.15, 0.2) is 11.6 Å². The van der Waals surface area contributed by atoms with E-state index in [9.17, 15) is 4.79 Å². The van der Waals surface area contributed by atoms with Gasteiger partial charge in [0, 0.05) is 57.5 Å². The second-order valence-corrected chi connectivity index (χ2v) is 14.3. The van der Waals surface area contributed by atoms with Crippen molar-refractivity contribution in [2.75, 3.05) is 73.0 Å². The number of methoxy groups -OCH3 is 1. The molecule has 1 saturated heterocycles. The van der Waals surface area contributed by atoms with Crippen molar-refractivity contribution in [1.29, 1.82) is 0 Å². The van der Waals surface area contributed by atoms with E-state index < -0.39 is 5.82 Å². The summed E-state index contributed by atoms with van der Waals surface area (Å²) >= 11 is 1.53. The molecule has 2 aliphatic rings. The van der Waals surface area contributed by atoms with Gasteiger partial charge in [-0.1, -0.05) is 12.1 Å². The lowest BCUT2D eigenvalue weighted by Crippen LogP contribution is -2.43. The number of ketones is 1. The van der Waals surface area contributed by atoms with Crippen molar-refractivity contribution in [3.05, 3.63) is 71.8 Å². The van der Waals surface area contributed by atoms with Crippen molar-refractivity contribution in [1.82, 2.24) is 20.2 Å². The molecule has 3 aromatic heterocycles. The topological polar surface area (TPSA) is 104 Å². The summed E-state index contributed by atoms with van der Waals surface area (Å²) in [6.45, 7) is 7.93. The largest absolute Gasteiger partial charge is 0.453 e. The highest BCUT2D eigenvalue weighted by atomic mass is 32.1. The molecular formula is C39H49FN4O6S. The molecule has 4 aromatic rings. The van der Waals surface area contributed by atoms with Crippen molar-refractivity contribution in [3.8, 4) is 22.1 Å². The highest BCUT2D eigenvalue weighted by molar-refractivity contribution is 7.22. The van der Waals surface area contributed by atoms with E-state index in [1.54, 1.807) is 31.5 Å². The molecule has 1 aromatic carbocycles. The summed E-state index contributed by atoms with van der Waals surface area (Å²) in [6, 6.07) is 13.2. The van der Waals surface area contributed by atoms with Gasteiger partial charge in [-0.15, -0.1) is 11.3 Å². The van der Waals surface area contributed by atoms with E-state index in [2.05, 4.69) is 27.3 Å². The van der Waals surface area contributed by atoms with Gasteiger partial charge < -0.3 is 29.0 Å². The number of hydrogen-bond donors (Lipinski definition) is 1. The van der Waals surface area contributed by atoms with Crippen LogP contribution in [0.15, 0.2) is 54.9 Å². The summed E-state index contributed by atoms with van der Waals surface area (Å²) in [5, 5.41) is 3.63. The standard InChI is InChI=1S/C39H49FN4O6S/c1-46-16-17-48-20-21-49-19-18-47-15-12-41-31-9-13-44(14-10-31)27-30-4-6-34(43-26-30)38-25-35-39(51-38)37(8-11-42-35)50-36-7-5-29(24-33(36)40)23-32(45)22-28-2-3-28/h4-8,11,24-26,28,31,41H,2-3,9-10,12-23,27H2,1H3. The summed E-state index contributed by atoms with van der Waals surface area (Å²) < 4.78 is 43.4. The molecule has 6 rings (SSSR count). The highest BCUT2D eigenvalue weighted by Crippen LogP contribution is 2.39. The first kappa shape index (κ1) is 37.4. The Kier molecular flexibility index (Phi) is 14.3. The number of pyridine rings is 2. The van der Waals surface area contributed by atoms with Gasteiger partial charge in [0.25, 0.3) is 0 Å². The zero-order valence-corrected chi connectivity index (χ0v) is 30.3. The molecule has 274 valence electrons. The number of Topliss-reactive ketones (excluding diaryl/α,β-unsaturated/α-hetero) is 1. The fraction of sp³-hybridized carbons (Fsp3) is 0.513.